The molecule has 1 aliphatic carbocycles. The Morgan fingerprint density at radius 3 is 2.14 bits per heavy atom. The van der Waals surface area contributed by atoms with Crippen LogP contribution in [0.1, 0.15) is 60.9 Å². The van der Waals surface area contributed by atoms with Gasteiger partial charge in [-0.15, -0.1) is 0 Å². The van der Waals surface area contributed by atoms with E-state index in [0.717, 1.165) is 61.4 Å². The van der Waals surface area contributed by atoms with Crippen molar-refractivity contribution < 1.29 is 27.9 Å². The van der Waals surface area contributed by atoms with Crippen LogP contribution in [0.5, 0.6) is 0 Å². The summed E-state index contributed by atoms with van der Waals surface area (Å²) in [5.41, 5.74) is 1.83. The Bertz CT molecular complexity index is 1400. The molecule has 7 nitrogen and oxygen atoms in total. The minimum atomic E-state index is -1.05. The number of likely N-dealkylation sites (N-methyl/N-ethyl adjacent to an activating group) is 1. The average molecular weight is 590 g/mol. The van der Waals surface area contributed by atoms with Gasteiger partial charge in [-0.3, -0.25) is 14.4 Å². The van der Waals surface area contributed by atoms with E-state index in [4.69, 9.17) is 4.74 Å². The molecule has 0 bridgehead atoms. The lowest BCUT2D eigenvalue weighted by atomic mass is 9.83. The molecule has 4 atom stereocenters. The van der Waals surface area contributed by atoms with Gasteiger partial charge in [0, 0.05) is 13.1 Å². The van der Waals surface area contributed by atoms with Crippen molar-refractivity contribution in [3.63, 3.8) is 0 Å². The van der Waals surface area contributed by atoms with Crippen molar-refractivity contribution in [3.05, 3.63) is 107 Å². The molecular weight excluding hydrogens is 552 g/mol. The molecule has 0 unspecified atom stereocenters. The predicted molar refractivity (Wildman–Crippen MR) is 158 cm³/mol. The zero-order valence-corrected chi connectivity index (χ0v) is 24.2. The molecule has 43 heavy (non-hydrogen) atoms. The van der Waals surface area contributed by atoms with E-state index < -0.39 is 41.6 Å². The highest BCUT2D eigenvalue weighted by atomic mass is 19.1. The number of hydrogen-bond donors (Lipinski definition) is 2. The lowest BCUT2D eigenvalue weighted by Gasteiger charge is -2.33. The minimum absolute atomic E-state index is 0.145. The Balaban J connectivity index is 1.41. The van der Waals surface area contributed by atoms with Gasteiger partial charge in [0.25, 0.3) is 0 Å². The number of amides is 3. The fraction of sp³-hybridized carbons (Fsp3) is 0.382. The van der Waals surface area contributed by atoms with Gasteiger partial charge in [-0.25, -0.2) is 8.78 Å². The van der Waals surface area contributed by atoms with Crippen molar-refractivity contribution in [1.29, 1.82) is 0 Å². The number of carbonyl (C=O) groups excluding carboxylic acids is 3. The third kappa shape index (κ3) is 7.46. The monoisotopic (exact) mass is 589 g/mol. The van der Waals surface area contributed by atoms with Gasteiger partial charge in [-0.2, -0.15) is 0 Å². The van der Waals surface area contributed by atoms with E-state index in [0.29, 0.717) is 0 Å². The Labute approximate surface area is 250 Å². The first-order valence-electron chi connectivity index (χ1n) is 14.8. The highest BCUT2D eigenvalue weighted by Gasteiger charge is 2.42. The van der Waals surface area contributed by atoms with Crippen molar-refractivity contribution >= 4 is 17.7 Å². The lowest BCUT2D eigenvalue weighted by molar-refractivity contribution is -0.139. The number of ether oxygens (including phenoxy) is 1. The summed E-state index contributed by atoms with van der Waals surface area (Å²) in [5.74, 6) is -3.02. The van der Waals surface area contributed by atoms with E-state index >= 15 is 0 Å². The highest BCUT2D eigenvalue weighted by molar-refractivity contribution is 5.93. The van der Waals surface area contributed by atoms with Crippen LogP contribution in [0.4, 0.5) is 8.78 Å². The molecule has 2 N–H and O–H groups in total. The molecule has 1 saturated heterocycles. The van der Waals surface area contributed by atoms with Crippen molar-refractivity contribution in [3.8, 4) is 0 Å². The van der Waals surface area contributed by atoms with Gasteiger partial charge in [0.15, 0.2) is 0 Å². The molecule has 0 spiro atoms. The largest absolute Gasteiger partial charge is 0.368 e. The number of hydrogen-bond acceptors (Lipinski definition) is 4. The third-order valence-electron chi connectivity index (χ3n) is 8.44. The number of halogens is 2. The highest BCUT2D eigenvalue weighted by Crippen LogP contribution is 2.33. The summed E-state index contributed by atoms with van der Waals surface area (Å²) < 4.78 is 33.9. The van der Waals surface area contributed by atoms with Gasteiger partial charge in [0.1, 0.15) is 29.8 Å². The maximum absolute atomic E-state index is 14.0. The van der Waals surface area contributed by atoms with Crippen molar-refractivity contribution in [1.82, 2.24) is 15.5 Å². The molecule has 2 aliphatic rings. The van der Waals surface area contributed by atoms with Crippen LogP contribution < -0.4 is 10.6 Å². The zero-order valence-electron chi connectivity index (χ0n) is 24.2. The molecule has 5 rings (SSSR count). The number of carbonyl (C=O) groups is 3. The molecule has 2 fully saturated rings. The van der Waals surface area contributed by atoms with E-state index in [1.807, 2.05) is 60.7 Å². The van der Waals surface area contributed by atoms with E-state index in [-0.39, 0.29) is 36.5 Å². The van der Waals surface area contributed by atoms with E-state index in [1.165, 1.54) is 0 Å². The van der Waals surface area contributed by atoms with Crippen LogP contribution in [0.2, 0.25) is 0 Å². The number of rotatable bonds is 8. The fourth-order valence-corrected chi connectivity index (χ4v) is 6.20. The molecule has 1 heterocycles. The average Bonchev–Trinajstić information content (AvgIpc) is 3.12. The maximum Gasteiger partial charge on any atom is 0.248 e. The molecule has 1 saturated carbocycles. The molecule has 9 heteroatoms. The lowest BCUT2D eigenvalue weighted by Crippen LogP contribution is -2.57. The SMILES string of the molecule is CN1C(=O)[C@@H](NC(=O)[C@@H](NC(=O)Cc2cc(F)cc(F)c2)C2CCCCC2)[C@@H](c2ccccc2)OC[C@H]1c1ccccc1. The second kappa shape index (κ2) is 13.9. The van der Waals surface area contributed by atoms with Gasteiger partial charge in [0.2, 0.25) is 17.7 Å². The Morgan fingerprint density at radius 2 is 1.51 bits per heavy atom. The number of nitrogens with zero attached hydrogens (tertiary/aromatic N) is 1. The van der Waals surface area contributed by atoms with E-state index in [1.54, 1.807) is 11.9 Å². The van der Waals surface area contributed by atoms with Crippen molar-refractivity contribution in [2.45, 2.75) is 62.8 Å². The minimum Gasteiger partial charge on any atom is -0.368 e. The van der Waals surface area contributed by atoms with E-state index in [2.05, 4.69) is 10.6 Å². The van der Waals surface area contributed by atoms with Gasteiger partial charge in [-0.05, 0) is 47.6 Å². The summed E-state index contributed by atoms with van der Waals surface area (Å²) in [6.45, 7) is 0.227. The molecule has 226 valence electrons. The van der Waals surface area contributed by atoms with Crippen LogP contribution >= 0.6 is 0 Å². The van der Waals surface area contributed by atoms with Crippen LogP contribution in [0.15, 0.2) is 78.9 Å². The third-order valence-corrected chi connectivity index (χ3v) is 8.44. The topological polar surface area (TPSA) is 87.7 Å². The number of nitrogens with one attached hydrogen (secondary N) is 2. The van der Waals surface area contributed by atoms with Crippen molar-refractivity contribution in [2.24, 2.45) is 5.92 Å². The first-order chi connectivity index (χ1) is 20.8. The summed E-state index contributed by atoms with van der Waals surface area (Å²) in [7, 11) is 1.70. The molecule has 0 aromatic heterocycles. The number of benzene rings is 3. The summed E-state index contributed by atoms with van der Waals surface area (Å²) in [6, 6.07) is 19.5. The summed E-state index contributed by atoms with van der Waals surface area (Å²) in [5, 5.41) is 5.79. The molecule has 3 aromatic carbocycles. The van der Waals surface area contributed by atoms with Crippen LogP contribution in [0.3, 0.4) is 0 Å². The summed E-state index contributed by atoms with van der Waals surface area (Å²) >= 11 is 0. The predicted octanol–water partition coefficient (Wildman–Crippen LogP) is 5.03. The smallest absolute Gasteiger partial charge is 0.248 e. The quantitative estimate of drug-likeness (QED) is 0.386. The normalized spacial score (nSPS) is 22.0. The Morgan fingerprint density at radius 1 is 0.907 bits per heavy atom. The standard InChI is InChI=1S/C34H37F2N3O4/c1-39-28(23-11-5-2-6-12-23)21-43-32(25-15-9-4-10-16-25)31(34(39)42)38-33(41)30(24-13-7-3-8-14-24)37-29(40)19-22-17-26(35)20-27(36)18-22/h2,4-6,9-12,15-18,20,24,28,30-32H,3,7-8,13-14,19,21H2,1H3,(H,37,40)(H,38,41)/t28-,30-,31-,32+/m0/s1. The van der Waals surface area contributed by atoms with Gasteiger partial charge in [-0.1, -0.05) is 79.9 Å². The Hall–Kier alpha value is -4.11. The van der Waals surface area contributed by atoms with Gasteiger partial charge < -0.3 is 20.3 Å². The molecule has 0 radical (unpaired) electrons. The van der Waals surface area contributed by atoms with Crippen molar-refractivity contribution in [2.75, 3.05) is 13.7 Å². The maximum atomic E-state index is 14.0. The van der Waals surface area contributed by atoms with Gasteiger partial charge in [0.05, 0.1) is 19.1 Å². The Kier molecular flexibility index (Phi) is 9.82. The second-order valence-electron chi connectivity index (χ2n) is 11.4. The molecule has 3 aromatic rings. The second-order valence-corrected chi connectivity index (χ2v) is 11.4. The first kappa shape index (κ1) is 30.4. The summed E-state index contributed by atoms with van der Waals surface area (Å²) in [4.78, 5) is 42.8. The first-order valence-corrected chi connectivity index (χ1v) is 14.8. The van der Waals surface area contributed by atoms with Crippen LogP contribution in [0.25, 0.3) is 0 Å². The van der Waals surface area contributed by atoms with Crippen LogP contribution in [-0.2, 0) is 25.5 Å². The molecule has 3 amide bonds. The van der Waals surface area contributed by atoms with E-state index in [9.17, 15) is 23.2 Å². The summed E-state index contributed by atoms with van der Waals surface area (Å²) in [6.07, 6.45) is 3.30. The molecule has 1 aliphatic heterocycles. The zero-order chi connectivity index (χ0) is 30.3. The van der Waals surface area contributed by atoms with Crippen LogP contribution in [-0.4, -0.2) is 48.4 Å². The van der Waals surface area contributed by atoms with Gasteiger partial charge >= 0.3 is 0 Å². The van der Waals surface area contributed by atoms with Crippen LogP contribution in [0, 0.1) is 17.6 Å². The molecular formula is C34H37F2N3O4. The fourth-order valence-electron chi connectivity index (χ4n) is 6.20.